The van der Waals surface area contributed by atoms with Crippen molar-refractivity contribution < 1.29 is 13.7 Å². The van der Waals surface area contributed by atoms with Gasteiger partial charge in [0, 0.05) is 23.1 Å². The van der Waals surface area contributed by atoms with Crippen molar-refractivity contribution in [1.82, 2.24) is 10.1 Å². The molecule has 4 aromatic rings. The molecule has 6 heteroatoms. The Morgan fingerprint density at radius 3 is 2.67 bits per heavy atom. The van der Waals surface area contributed by atoms with Gasteiger partial charge in [-0.25, -0.2) is 4.79 Å². The van der Waals surface area contributed by atoms with Crippen LogP contribution in [0.3, 0.4) is 0 Å². The highest BCUT2D eigenvalue weighted by atomic mass is 16.5. The van der Waals surface area contributed by atoms with Crippen LogP contribution in [-0.2, 0) is 6.61 Å². The molecule has 0 unspecified atom stereocenters. The van der Waals surface area contributed by atoms with E-state index in [-0.39, 0.29) is 18.2 Å². The molecule has 0 saturated carbocycles. The quantitative estimate of drug-likeness (QED) is 0.485. The van der Waals surface area contributed by atoms with Crippen molar-refractivity contribution >= 4 is 11.0 Å². The summed E-state index contributed by atoms with van der Waals surface area (Å²) in [6, 6.07) is 16.5. The van der Waals surface area contributed by atoms with Gasteiger partial charge in [0.25, 0.3) is 5.89 Å². The first-order valence-electron chi connectivity index (χ1n) is 8.69. The molecule has 6 nitrogen and oxygen atoms in total. The van der Waals surface area contributed by atoms with Crippen molar-refractivity contribution in [3.05, 3.63) is 76.5 Å². The minimum Gasteiger partial charge on any atom is -0.484 e. The normalized spacial score (nSPS) is 11.2. The second kappa shape index (κ2) is 7.07. The lowest BCUT2D eigenvalue weighted by Gasteiger charge is -2.09. The second-order valence-electron chi connectivity index (χ2n) is 6.50. The largest absolute Gasteiger partial charge is 0.484 e. The zero-order valence-electron chi connectivity index (χ0n) is 15.0. The van der Waals surface area contributed by atoms with Crippen LogP contribution in [0.4, 0.5) is 0 Å². The van der Waals surface area contributed by atoms with E-state index in [1.54, 1.807) is 6.07 Å². The molecule has 0 aliphatic heterocycles. The SMILES string of the molecule is CC(C)c1cc(=O)oc2cc(OCc3nc(-c4ccccc4)no3)ccc12. The Morgan fingerprint density at radius 2 is 1.89 bits per heavy atom. The van der Waals surface area contributed by atoms with Crippen LogP contribution in [-0.4, -0.2) is 10.1 Å². The average Bonchev–Trinajstić information content (AvgIpc) is 3.15. The zero-order valence-corrected chi connectivity index (χ0v) is 15.0. The maximum absolute atomic E-state index is 11.8. The lowest BCUT2D eigenvalue weighted by molar-refractivity contribution is 0.243. The van der Waals surface area contributed by atoms with E-state index >= 15 is 0 Å². The molecule has 2 aromatic carbocycles. The van der Waals surface area contributed by atoms with Gasteiger partial charge in [0.15, 0.2) is 6.61 Å². The Morgan fingerprint density at radius 1 is 1.07 bits per heavy atom. The fraction of sp³-hybridized carbons (Fsp3) is 0.190. The van der Waals surface area contributed by atoms with E-state index < -0.39 is 0 Å². The molecule has 0 bridgehead atoms. The van der Waals surface area contributed by atoms with Crippen molar-refractivity contribution in [3.8, 4) is 17.1 Å². The molecule has 27 heavy (non-hydrogen) atoms. The first kappa shape index (κ1) is 17.0. The van der Waals surface area contributed by atoms with E-state index in [0.29, 0.717) is 23.0 Å². The third kappa shape index (κ3) is 3.60. The van der Waals surface area contributed by atoms with Crippen LogP contribution in [0.2, 0.25) is 0 Å². The summed E-state index contributed by atoms with van der Waals surface area (Å²) in [4.78, 5) is 16.1. The van der Waals surface area contributed by atoms with E-state index in [9.17, 15) is 4.79 Å². The van der Waals surface area contributed by atoms with Crippen LogP contribution < -0.4 is 10.4 Å². The Labute approximate surface area is 155 Å². The number of aromatic nitrogens is 2. The van der Waals surface area contributed by atoms with E-state index in [0.717, 1.165) is 16.5 Å². The smallest absolute Gasteiger partial charge is 0.336 e. The number of fused-ring (bicyclic) bond motifs is 1. The molecule has 0 saturated heterocycles. The van der Waals surface area contributed by atoms with Crippen LogP contribution in [0.5, 0.6) is 5.75 Å². The molecule has 2 heterocycles. The third-order valence-electron chi connectivity index (χ3n) is 4.23. The predicted molar refractivity (Wildman–Crippen MR) is 101 cm³/mol. The molecule has 0 fully saturated rings. The number of rotatable bonds is 5. The first-order chi connectivity index (χ1) is 13.1. The monoisotopic (exact) mass is 362 g/mol. The number of hydrogen-bond acceptors (Lipinski definition) is 6. The lowest BCUT2D eigenvalue weighted by atomic mass is 10.00. The summed E-state index contributed by atoms with van der Waals surface area (Å²) in [6.07, 6.45) is 0. The van der Waals surface area contributed by atoms with Gasteiger partial charge in [-0.1, -0.05) is 49.3 Å². The van der Waals surface area contributed by atoms with Gasteiger partial charge in [0.1, 0.15) is 11.3 Å². The van der Waals surface area contributed by atoms with Gasteiger partial charge in [-0.2, -0.15) is 4.98 Å². The number of hydrogen-bond donors (Lipinski definition) is 0. The highest BCUT2D eigenvalue weighted by molar-refractivity contribution is 5.82. The molecule has 0 aliphatic carbocycles. The number of ether oxygens (including phenoxy) is 1. The Bertz CT molecular complexity index is 1130. The maximum Gasteiger partial charge on any atom is 0.336 e. The lowest BCUT2D eigenvalue weighted by Crippen LogP contribution is -2.02. The van der Waals surface area contributed by atoms with E-state index in [2.05, 4.69) is 10.1 Å². The van der Waals surface area contributed by atoms with E-state index in [1.807, 2.05) is 56.3 Å². The Kier molecular flexibility index (Phi) is 4.46. The van der Waals surface area contributed by atoms with Crippen molar-refractivity contribution in [3.63, 3.8) is 0 Å². The van der Waals surface area contributed by atoms with Gasteiger partial charge < -0.3 is 13.7 Å². The van der Waals surface area contributed by atoms with Crippen LogP contribution in [0, 0.1) is 0 Å². The second-order valence-corrected chi connectivity index (χ2v) is 6.50. The van der Waals surface area contributed by atoms with Gasteiger partial charge >= 0.3 is 5.63 Å². The molecule has 0 spiro atoms. The minimum absolute atomic E-state index is 0.124. The molecule has 2 aromatic heterocycles. The topological polar surface area (TPSA) is 78.4 Å². The molecule has 0 N–H and O–H groups in total. The molecule has 4 rings (SSSR count). The predicted octanol–water partition coefficient (Wildman–Crippen LogP) is 4.55. The maximum atomic E-state index is 11.8. The minimum atomic E-state index is -0.368. The Balaban J connectivity index is 1.54. The molecule has 136 valence electrons. The number of benzene rings is 2. The van der Waals surface area contributed by atoms with Gasteiger partial charge in [-0.15, -0.1) is 0 Å². The zero-order chi connectivity index (χ0) is 18.8. The van der Waals surface area contributed by atoms with Crippen LogP contribution in [0.15, 0.2) is 68.3 Å². The molecule has 0 aliphatic rings. The summed E-state index contributed by atoms with van der Waals surface area (Å²) >= 11 is 0. The summed E-state index contributed by atoms with van der Waals surface area (Å²) in [6.45, 7) is 4.20. The van der Waals surface area contributed by atoms with Crippen molar-refractivity contribution in [1.29, 1.82) is 0 Å². The summed E-state index contributed by atoms with van der Waals surface area (Å²) in [5, 5.41) is 4.87. The summed E-state index contributed by atoms with van der Waals surface area (Å²) in [5.74, 6) is 1.66. The molecular weight excluding hydrogens is 344 g/mol. The third-order valence-corrected chi connectivity index (χ3v) is 4.23. The van der Waals surface area contributed by atoms with Crippen LogP contribution in [0.25, 0.3) is 22.4 Å². The molecule has 0 radical (unpaired) electrons. The van der Waals surface area contributed by atoms with E-state index in [1.165, 1.54) is 6.07 Å². The van der Waals surface area contributed by atoms with Gasteiger partial charge in [-0.05, 0) is 23.6 Å². The van der Waals surface area contributed by atoms with Crippen LogP contribution in [0.1, 0.15) is 31.2 Å². The van der Waals surface area contributed by atoms with Gasteiger partial charge in [-0.3, -0.25) is 0 Å². The summed E-state index contributed by atoms with van der Waals surface area (Å²) in [5.41, 5.74) is 1.96. The Hall–Kier alpha value is -3.41. The van der Waals surface area contributed by atoms with E-state index in [4.69, 9.17) is 13.7 Å². The van der Waals surface area contributed by atoms with Crippen LogP contribution >= 0.6 is 0 Å². The number of nitrogens with zero attached hydrogens (tertiary/aromatic N) is 2. The van der Waals surface area contributed by atoms with Gasteiger partial charge in [0.2, 0.25) is 5.82 Å². The molecule has 0 atom stereocenters. The first-order valence-corrected chi connectivity index (χ1v) is 8.69. The highest BCUT2D eigenvalue weighted by Gasteiger charge is 2.12. The summed E-state index contributed by atoms with van der Waals surface area (Å²) in [7, 11) is 0. The van der Waals surface area contributed by atoms with Crippen molar-refractivity contribution in [2.75, 3.05) is 0 Å². The average molecular weight is 362 g/mol. The van der Waals surface area contributed by atoms with Crippen molar-refractivity contribution in [2.45, 2.75) is 26.4 Å². The van der Waals surface area contributed by atoms with Gasteiger partial charge in [0.05, 0.1) is 0 Å². The fourth-order valence-corrected chi connectivity index (χ4v) is 2.90. The van der Waals surface area contributed by atoms with Crippen molar-refractivity contribution in [2.24, 2.45) is 0 Å². The molecular formula is C21H18N2O4. The standard InChI is InChI=1S/C21H18N2O4/c1-13(2)17-11-20(24)26-18-10-15(8-9-16(17)18)25-12-19-22-21(23-27-19)14-6-4-3-5-7-14/h3-11,13H,12H2,1-2H3. The summed E-state index contributed by atoms with van der Waals surface area (Å²) < 4.78 is 16.3. The highest BCUT2D eigenvalue weighted by Crippen LogP contribution is 2.27. The molecule has 0 amide bonds. The fourth-order valence-electron chi connectivity index (χ4n) is 2.90.